The zero-order valence-electron chi connectivity index (χ0n) is 17.8. The number of nitrogens with two attached hydrogens (primary N) is 1. The van der Waals surface area contributed by atoms with Crippen molar-refractivity contribution in [2.75, 3.05) is 34.0 Å². The number of pyridine rings is 2. The molecule has 0 aliphatic carbocycles. The van der Waals surface area contributed by atoms with Gasteiger partial charge in [-0.1, -0.05) is 18.2 Å². The fraction of sp³-hybridized carbons (Fsp3) is 0.174. The van der Waals surface area contributed by atoms with Gasteiger partial charge in [-0.3, -0.25) is 4.79 Å². The van der Waals surface area contributed by atoms with Crippen LogP contribution in [0.1, 0.15) is 10.4 Å². The fourth-order valence-electron chi connectivity index (χ4n) is 3.60. The smallest absolute Gasteiger partial charge is 0.257 e. The third-order valence-corrected chi connectivity index (χ3v) is 5.12. The summed E-state index contributed by atoms with van der Waals surface area (Å²) in [5, 5.41) is 0.807. The van der Waals surface area contributed by atoms with Crippen molar-refractivity contribution >= 4 is 22.8 Å². The number of aromatic amines is 1. The third kappa shape index (κ3) is 3.42. The van der Waals surface area contributed by atoms with Crippen LogP contribution in [0, 0.1) is 0 Å². The van der Waals surface area contributed by atoms with Gasteiger partial charge in [0.1, 0.15) is 23.0 Å². The first-order chi connectivity index (χ1) is 15.0. The highest BCUT2D eigenvalue weighted by molar-refractivity contribution is 6.04. The van der Waals surface area contributed by atoms with Gasteiger partial charge in [0.05, 0.1) is 25.2 Å². The molecule has 1 aromatic carbocycles. The number of hydrogen-bond donors (Lipinski definition) is 2. The zero-order chi connectivity index (χ0) is 22.1. The molecule has 0 aliphatic heterocycles. The Morgan fingerprint density at radius 3 is 2.52 bits per heavy atom. The summed E-state index contributed by atoms with van der Waals surface area (Å²) in [5.41, 5.74) is 10.1. The number of carbonyl (C=O) groups is 1. The summed E-state index contributed by atoms with van der Waals surface area (Å²) in [6.07, 6.45) is 5.19. The van der Waals surface area contributed by atoms with Crippen molar-refractivity contribution in [3.05, 3.63) is 54.5 Å². The van der Waals surface area contributed by atoms with Gasteiger partial charge in [0.15, 0.2) is 0 Å². The van der Waals surface area contributed by atoms with E-state index in [0.29, 0.717) is 28.1 Å². The van der Waals surface area contributed by atoms with Crippen LogP contribution in [0.3, 0.4) is 0 Å². The highest BCUT2D eigenvalue weighted by atomic mass is 16.5. The van der Waals surface area contributed by atoms with Crippen LogP contribution in [0.5, 0.6) is 11.5 Å². The summed E-state index contributed by atoms with van der Waals surface area (Å²) in [5.74, 6) is 1.30. The van der Waals surface area contributed by atoms with Gasteiger partial charge in [-0.05, 0) is 12.1 Å². The Hall–Kier alpha value is -4.07. The SMILES string of the molecule is COc1ccccc1-c1c[nH]c2ncc(-c3cnc(N)c(C(=O)N(C)C)c3)c(OC)c12. The number of benzene rings is 1. The van der Waals surface area contributed by atoms with E-state index in [1.54, 1.807) is 46.8 Å². The average Bonchev–Trinajstić information content (AvgIpc) is 3.22. The molecule has 0 saturated carbocycles. The molecule has 0 saturated heterocycles. The van der Waals surface area contributed by atoms with E-state index < -0.39 is 0 Å². The molecular weight excluding hydrogens is 394 g/mol. The zero-order valence-corrected chi connectivity index (χ0v) is 17.8. The van der Waals surface area contributed by atoms with Gasteiger partial charge in [0.2, 0.25) is 0 Å². The van der Waals surface area contributed by atoms with E-state index in [0.717, 1.165) is 22.3 Å². The molecule has 0 fully saturated rings. The highest BCUT2D eigenvalue weighted by Crippen LogP contribution is 2.43. The van der Waals surface area contributed by atoms with E-state index in [9.17, 15) is 4.79 Å². The number of amides is 1. The lowest BCUT2D eigenvalue weighted by Crippen LogP contribution is -2.23. The molecular formula is C23H23N5O3. The molecule has 3 aromatic heterocycles. The van der Waals surface area contributed by atoms with Crippen molar-refractivity contribution in [3.8, 4) is 33.8 Å². The van der Waals surface area contributed by atoms with Crippen molar-refractivity contribution in [1.82, 2.24) is 19.9 Å². The molecule has 158 valence electrons. The number of carbonyl (C=O) groups excluding carboxylic acids is 1. The first-order valence-corrected chi connectivity index (χ1v) is 9.61. The van der Waals surface area contributed by atoms with Crippen molar-refractivity contribution in [3.63, 3.8) is 0 Å². The second kappa shape index (κ2) is 7.98. The average molecular weight is 417 g/mol. The van der Waals surface area contributed by atoms with Gasteiger partial charge < -0.3 is 25.1 Å². The first-order valence-electron chi connectivity index (χ1n) is 9.61. The molecule has 0 spiro atoms. The second-order valence-corrected chi connectivity index (χ2v) is 7.19. The normalized spacial score (nSPS) is 10.8. The Morgan fingerprint density at radius 1 is 1.03 bits per heavy atom. The summed E-state index contributed by atoms with van der Waals surface area (Å²) in [6.45, 7) is 0. The summed E-state index contributed by atoms with van der Waals surface area (Å²) < 4.78 is 11.4. The number of nitrogens with one attached hydrogen (secondary N) is 1. The van der Waals surface area contributed by atoms with Crippen LogP contribution in [-0.2, 0) is 0 Å². The minimum absolute atomic E-state index is 0.173. The minimum Gasteiger partial charge on any atom is -0.496 e. The van der Waals surface area contributed by atoms with Crippen molar-refractivity contribution in [1.29, 1.82) is 0 Å². The topological polar surface area (TPSA) is 106 Å². The van der Waals surface area contributed by atoms with Crippen LogP contribution in [-0.4, -0.2) is 54.1 Å². The monoisotopic (exact) mass is 417 g/mol. The van der Waals surface area contributed by atoms with Gasteiger partial charge in [0.25, 0.3) is 5.91 Å². The lowest BCUT2D eigenvalue weighted by molar-refractivity contribution is 0.0828. The van der Waals surface area contributed by atoms with Crippen molar-refractivity contribution < 1.29 is 14.3 Å². The molecule has 4 aromatic rings. The Labute approximate surface area is 179 Å². The molecule has 0 unspecified atom stereocenters. The number of nitrogens with zero attached hydrogens (tertiary/aromatic N) is 3. The Kier molecular flexibility index (Phi) is 5.21. The minimum atomic E-state index is -0.226. The number of nitrogen functional groups attached to an aromatic ring is 1. The summed E-state index contributed by atoms with van der Waals surface area (Å²) >= 11 is 0. The van der Waals surface area contributed by atoms with E-state index >= 15 is 0 Å². The number of anilines is 1. The number of aromatic nitrogens is 3. The van der Waals surface area contributed by atoms with Gasteiger partial charge in [-0.2, -0.15) is 0 Å². The molecule has 4 rings (SSSR count). The van der Waals surface area contributed by atoms with E-state index in [-0.39, 0.29) is 11.7 Å². The number of H-pyrrole nitrogens is 1. The quantitative estimate of drug-likeness (QED) is 0.514. The molecule has 8 nitrogen and oxygen atoms in total. The standard InChI is InChI=1S/C23H23N5O3/c1-28(2)23(29)15-9-13(10-25-21(15)24)16-11-26-22-19(20(16)31-4)17(12-27-22)14-7-5-6-8-18(14)30-3/h5-12H,1-4H3,(H2,24,25)(H,26,27). The fourth-order valence-corrected chi connectivity index (χ4v) is 3.60. The molecule has 3 heterocycles. The molecule has 0 radical (unpaired) electrons. The number of methoxy groups -OCH3 is 2. The number of fused-ring (bicyclic) bond motifs is 1. The molecule has 3 N–H and O–H groups in total. The number of ether oxygens (including phenoxy) is 2. The number of para-hydroxylation sites is 1. The molecule has 1 amide bonds. The number of hydrogen-bond acceptors (Lipinski definition) is 6. The van der Waals surface area contributed by atoms with E-state index in [1.165, 1.54) is 4.90 Å². The third-order valence-electron chi connectivity index (χ3n) is 5.12. The van der Waals surface area contributed by atoms with Crippen LogP contribution in [0.15, 0.2) is 48.9 Å². The lowest BCUT2D eigenvalue weighted by atomic mass is 10.00. The van der Waals surface area contributed by atoms with E-state index in [1.807, 2.05) is 30.5 Å². The Balaban J connectivity index is 1.96. The highest BCUT2D eigenvalue weighted by Gasteiger charge is 2.21. The van der Waals surface area contributed by atoms with Crippen LogP contribution in [0.2, 0.25) is 0 Å². The summed E-state index contributed by atoms with van der Waals surface area (Å²) in [6, 6.07) is 9.46. The number of rotatable bonds is 5. The maximum atomic E-state index is 12.5. The van der Waals surface area contributed by atoms with E-state index in [2.05, 4.69) is 15.0 Å². The Bertz CT molecular complexity index is 1280. The first kappa shape index (κ1) is 20.2. The Morgan fingerprint density at radius 2 is 1.81 bits per heavy atom. The summed E-state index contributed by atoms with van der Waals surface area (Å²) in [4.78, 5) is 26.0. The molecule has 8 heteroatoms. The molecule has 0 bridgehead atoms. The van der Waals surface area contributed by atoms with Gasteiger partial charge in [0, 0.05) is 54.9 Å². The molecule has 0 aliphatic rings. The maximum Gasteiger partial charge on any atom is 0.257 e. The largest absolute Gasteiger partial charge is 0.496 e. The molecule has 31 heavy (non-hydrogen) atoms. The predicted molar refractivity (Wildman–Crippen MR) is 120 cm³/mol. The van der Waals surface area contributed by atoms with Crippen molar-refractivity contribution in [2.24, 2.45) is 0 Å². The molecule has 0 atom stereocenters. The van der Waals surface area contributed by atoms with Crippen LogP contribution >= 0.6 is 0 Å². The second-order valence-electron chi connectivity index (χ2n) is 7.19. The van der Waals surface area contributed by atoms with Gasteiger partial charge in [-0.15, -0.1) is 0 Å². The van der Waals surface area contributed by atoms with Gasteiger partial charge in [-0.25, -0.2) is 9.97 Å². The summed E-state index contributed by atoms with van der Waals surface area (Å²) in [7, 11) is 6.58. The van der Waals surface area contributed by atoms with Crippen LogP contribution in [0.4, 0.5) is 5.82 Å². The van der Waals surface area contributed by atoms with Crippen molar-refractivity contribution in [2.45, 2.75) is 0 Å². The predicted octanol–water partition coefficient (Wildman–Crippen LogP) is 3.59. The van der Waals surface area contributed by atoms with Crippen LogP contribution < -0.4 is 15.2 Å². The van der Waals surface area contributed by atoms with Crippen LogP contribution in [0.25, 0.3) is 33.3 Å². The van der Waals surface area contributed by atoms with E-state index in [4.69, 9.17) is 15.2 Å². The maximum absolute atomic E-state index is 12.5. The van der Waals surface area contributed by atoms with Gasteiger partial charge >= 0.3 is 0 Å². The lowest BCUT2D eigenvalue weighted by Gasteiger charge is -2.15.